The summed E-state index contributed by atoms with van der Waals surface area (Å²) < 4.78 is 17.8. The lowest BCUT2D eigenvalue weighted by Crippen LogP contribution is -2.41. The molecule has 1 unspecified atom stereocenters. The molecule has 5 heteroatoms. The van der Waals surface area contributed by atoms with Crippen molar-refractivity contribution < 1.29 is 18.8 Å². The van der Waals surface area contributed by atoms with Crippen molar-refractivity contribution in [2.75, 3.05) is 6.61 Å². The largest absolute Gasteiger partial charge is 0.466 e. The minimum Gasteiger partial charge on any atom is -0.466 e. The molecule has 1 saturated heterocycles. The second-order valence-corrected chi connectivity index (χ2v) is 8.05. The van der Waals surface area contributed by atoms with Crippen molar-refractivity contribution in [3.8, 4) is 0 Å². The van der Waals surface area contributed by atoms with E-state index < -0.39 is 18.3 Å². The molecule has 1 fully saturated rings. The second-order valence-electron chi connectivity index (χ2n) is 8.05. The van der Waals surface area contributed by atoms with Crippen LogP contribution in [0.3, 0.4) is 0 Å². The van der Waals surface area contributed by atoms with Crippen molar-refractivity contribution in [2.24, 2.45) is 0 Å². The van der Waals surface area contributed by atoms with Crippen LogP contribution in [0, 0.1) is 20.8 Å². The van der Waals surface area contributed by atoms with E-state index in [2.05, 4.69) is 32.9 Å². The van der Waals surface area contributed by atoms with E-state index in [-0.39, 0.29) is 18.2 Å². The first-order chi connectivity index (χ1) is 11.5. The van der Waals surface area contributed by atoms with Gasteiger partial charge in [0.25, 0.3) is 0 Å². The first-order valence-electron chi connectivity index (χ1n) is 9.07. The molecule has 0 aromatic heterocycles. The van der Waals surface area contributed by atoms with Gasteiger partial charge in [-0.1, -0.05) is 17.7 Å². The Morgan fingerprint density at radius 1 is 1.08 bits per heavy atom. The Labute approximate surface area is 152 Å². The highest BCUT2D eigenvalue weighted by Crippen LogP contribution is 2.43. The molecule has 0 radical (unpaired) electrons. The van der Waals surface area contributed by atoms with Gasteiger partial charge in [-0.15, -0.1) is 0 Å². The van der Waals surface area contributed by atoms with Gasteiger partial charge in [0.05, 0.1) is 24.2 Å². The van der Waals surface area contributed by atoms with Crippen LogP contribution in [-0.4, -0.2) is 30.9 Å². The van der Waals surface area contributed by atoms with Crippen LogP contribution in [0.2, 0.25) is 0 Å². The Kier molecular flexibility index (Phi) is 5.70. The van der Waals surface area contributed by atoms with E-state index in [0.29, 0.717) is 6.61 Å². The Morgan fingerprint density at radius 2 is 1.56 bits per heavy atom. The van der Waals surface area contributed by atoms with Crippen LogP contribution in [0.25, 0.3) is 0 Å². The molecular weight excluding hydrogens is 315 g/mol. The first kappa shape index (κ1) is 20.0. The average Bonchev–Trinajstić information content (AvgIpc) is 2.65. The Bertz CT molecular complexity index is 612. The lowest BCUT2D eigenvalue weighted by molar-refractivity contribution is -0.143. The molecule has 4 nitrogen and oxygen atoms in total. The van der Waals surface area contributed by atoms with Gasteiger partial charge < -0.3 is 14.0 Å². The molecule has 0 amide bonds. The molecule has 1 aromatic rings. The minimum atomic E-state index is -0.477. The molecule has 25 heavy (non-hydrogen) atoms. The fourth-order valence-corrected chi connectivity index (χ4v) is 3.56. The number of hydrogen-bond donors (Lipinski definition) is 0. The van der Waals surface area contributed by atoms with Gasteiger partial charge >= 0.3 is 13.1 Å². The van der Waals surface area contributed by atoms with E-state index in [0.717, 1.165) is 16.7 Å². The standard InChI is InChI=1S/C20H31BO4/c1-9-23-17(22)12-16(18-14(3)10-13(2)11-15(18)4)21-24-19(5,6)20(7,8)25-21/h10-11,16H,9,12H2,1-8H3. The van der Waals surface area contributed by atoms with Crippen molar-refractivity contribution in [3.63, 3.8) is 0 Å². The average molecular weight is 346 g/mol. The summed E-state index contributed by atoms with van der Waals surface area (Å²) >= 11 is 0. The maximum Gasteiger partial charge on any atom is 0.466 e. The van der Waals surface area contributed by atoms with Crippen LogP contribution >= 0.6 is 0 Å². The summed E-state index contributed by atoms with van der Waals surface area (Å²) in [7, 11) is -0.477. The Morgan fingerprint density at radius 3 is 2.00 bits per heavy atom. The molecule has 1 heterocycles. The van der Waals surface area contributed by atoms with Gasteiger partial charge in [-0.2, -0.15) is 0 Å². The van der Waals surface area contributed by atoms with Crippen LogP contribution in [0.1, 0.15) is 69.1 Å². The zero-order valence-electron chi connectivity index (χ0n) is 16.9. The van der Waals surface area contributed by atoms with Gasteiger partial charge in [0, 0.05) is 5.82 Å². The van der Waals surface area contributed by atoms with Gasteiger partial charge in [0.15, 0.2) is 0 Å². The fourth-order valence-electron chi connectivity index (χ4n) is 3.56. The van der Waals surface area contributed by atoms with Crippen LogP contribution < -0.4 is 0 Å². The van der Waals surface area contributed by atoms with E-state index in [1.54, 1.807) is 0 Å². The van der Waals surface area contributed by atoms with Gasteiger partial charge in [-0.25, -0.2) is 0 Å². The fraction of sp³-hybridized carbons (Fsp3) is 0.650. The summed E-state index contributed by atoms with van der Waals surface area (Å²) in [5.74, 6) is -0.415. The van der Waals surface area contributed by atoms with E-state index in [1.165, 1.54) is 5.56 Å². The number of aryl methyl sites for hydroxylation is 3. The van der Waals surface area contributed by atoms with Crippen molar-refractivity contribution in [1.82, 2.24) is 0 Å². The van der Waals surface area contributed by atoms with Gasteiger partial charge in [0.2, 0.25) is 0 Å². The molecule has 1 aromatic carbocycles. The van der Waals surface area contributed by atoms with Crippen molar-refractivity contribution in [2.45, 2.75) is 78.8 Å². The predicted molar refractivity (Wildman–Crippen MR) is 101 cm³/mol. The summed E-state index contributed by atoms with van der Waals surface area (Å²) in [4.78, 5) is 12.3. The smallest absolute Gasteiger partial charge is 0.466 e. The monoisotopic (exact) mass is 346 g/mol. The Balaban J connectivity index is 2.44. The van der Waals surface area contributed by atoms with Crippen LogP contribution in [-0.2, 0) is 18.8 Å². The topological polar surface area (TPSA) is 44.8 Å². The van der Waals surface area contributed by atoms with E-state index in [9.17, 15) is 4.79 Å². The highest BCUT2D eigenvalue weighted by molar-refractivity contribution is 6.48. The highest BCUT2D eigenvalue weighted by atomic mass is 16.7. The normalized spacial score (nSPS) is 19.8. The van der Waals surface area contributed by atoms with Crippen LogP contribution in [0.4, 0.5) is 0 Å². The van der Waals surface area contributed by atoms with Gasteiger partial charge in [-0.05, 0) is 72.1 Å². The molecule has 2 rings (SSSR count). The van der Waals surface area contributed by atoms with Gasteiger partial charge in [-0.3, -0.25) is 4.79 Å². The Hall–Kier alpha value is -1.33. The number of carbonyl (C=O) groups is 1. The molecule has 1 aliphatic heterocycles. The zero-order valence-corrected chi connectivity index (χ0v) is 16.9. The third-order valence-electron chi connectivity index (χ3n) is 5.40. The first-order valence-corrected chi connectivity index (χ1v) is 9.07. The lowest BCUT2D eigenvalue weighted by Gasteiger charge is -2.32. The lowest BCUT2D eigenvalue weighted by atomic mass is 9.64. The minimum absolute atomic E-state index is 0.194. The summed E-state index contributed by atoms with van der Waals surface area (Å²) in [6.07, 6.45) is 0.245. The molecule has 0 bridgehead atoms. The molecule has 1 atom stereocenters. The van der Waals surface area contributed by atoms with E-state index in [4.69, 9.17) is 14.0 Å². The number of rotatable bonds is 5. The molecule has 0 spiro atoms. The highest BCUT2D eigenvalue weighted by Gasteiger charge is 2.54. The van der Waals surface area contributed by atoms with Crippen molar-refractivity contribution in [3.05, 3.63) is 34.4 Å². The van der Waals surface area contributed by atoms with E-state index >= 15 is 0 Å². The number of esters is 1. The maximum absolute atomic E-state index is 12.3. The third-order valence-corrected chi connectivity index (χ3v) is 5.40. The predicted octanol–water partition coefficient (Wildman–Crippen LogP) is 4.28. The molecule has 0 saturated carbocycles. The second kappa shape index (κ2) is 7.12. The number of carbonyl (C=O) groups excluding carboxylic acids is 1. The third kappa shape index (κ3) is 4.09. The van der Waals surface area contributed by atoms with Gasteiger partial charge in [0.1, 0.15) is 0 Å². The van der Waals surface area contributed by atoms with Crippen LogP contribution in [0.15, 0.2) is 12.1 Å². The SMILES string of the molecule is CCOC(=O)CC(B1OC(C)(C)C(C)(C)O1)c1c(C)cc(C)cc1C. The molecule has 0 N–H and O–H groups in total. The molecule has 1 aliphatic rings. The summed E-state index contributed by atoms with van der Waals surface area (Å²) in [6.45, 7) is 16.6. The van der Waals surface area contributed by atoms with E-state index in [1.807, 2.05) is 34.6 Å². The number of ether oxygens (including phenoxy) is 1. The molecular formula is C20H31BO4. The summed E-state index contributed by atoms with van der Waals surface area (Å²) in [5, 5.41) is 0. The number of benzene rings is 1. The quantitative estimate of drug-likeness (QED) is 0.590. The summed E-state index contributed by atoms with van der Waals surface area (Å²) in [6, 6.07) is 4.29. The molecule has 0 aliphatic carbocycles. The zero-order chi connectivity index (χ0) is 19.0. The van der Waals surface area contributed by atoms with Crippen molar-refractivity contribution >= 4 is 13.1 Å². The number of hydrogen-bond acceptors (Lipinski definition) is 4. The summed E-state index contributed by atoms with van der Waals surface area (Å²) in [5.41, 5.74) is 3.77. The molecule has 138 valence electrons. The van der Waals surface area contributed by atoms with Crippen LogP contribution in [0.5, 0.6) is 0 Å². The van der Waals surface area contributed by atoms with Crippen molar-refractivity contribution in [1.29, 1.82) is 0 Å². The maximum atomic E-state index is 12.3.